The number of ether oxygens (including phenoxy) is 3. The lowest BCUT2D eigenvalue weighted by Crippen LogP contribution is -3.00. The van der Waals surface area contributed by atoms with Crippen LogP contribution in [0.2, 0.25) is 0 Å². The molecule has 0 N–H and O–H groups in total. The summed E-state index contributed by atoms with van der Waals surface area (Å²) in [5, 5.41) is 0.197. The lowest BCUT2D eigenvalue weighted by atomic mass is 10.0. The maximum absolute atomic E-state index is 11.3. The molecule has 0 bridgehead atoms. The van der Waals surface area contributed by atoms with Crippen molar-refractivity contribution >= 4 is 39.7 Å². The molecule has 2 heterocycles. The number of nitrogens with zero attached hydrogens (tertiary/aromatic N) is 1. The summed E-state index contributed by atoms with van der Waals surface area (Å²) in [6, 6.07) is 10.8. The van der Waals surface area contributed by atoms with E-state index in [1.54, 1.807) is 0 Å². The summed E-state index contributed by atoms with van der Waals surface area (Å²) in [5.41, 5.74) is 0.939. The second-order valence-electron chi connectivity index (χ2n) is 8.47. The molecule has 4 atom stereocenters. The molecule has 1 aromatic carbocycles. The molecule has 2 aliphatic heterocycles. The Labute approximate surface area is 202 Å². The zero-order valence-corrected chi connectivity index (χ0v) is 22.0. The van der Waals surface area contributed by atoms with Crippen LogP contribution in [0, 0.1) is 0 Å². The molecule has 2 aliphatic rings. The Kier molecular flexibility index (Phi) is 9.56. The minimum Gasteiger partial charge on any atom is -1.00 e. The number of fused-ring (bicyclic) bond motifs is 1. The molecule has 8 heteroatoms. The van der Waals surface area contributed by atoms with E-state index in [2.05, 4.69) is 44.8 Å². The van der Waals surface area contributed by atoms with Crippen molar-refractivity contribution in [2.75, 3.05) is 12.9 Å². The topological polar surface area (TPSA) is 47.8 Å². The molecule has 0 aromatic heterocycles. The fourth-order valence-electron chi connectivity index (χ4n) is 3.67. The molecule has 0 radical (unpaired) electrons. The van der Waals surface area contributed by atoms with Gasteiger partial charge in [-0.05, 0) is 33.6 Å². The summed E-state index contributed by atoms with van der Waals surface area (Å²) in [6.45, 7) is 6.14. The molecular formula is C22H31Br2NO4S. The first kappa shape index (κ1) is 25.5. The summed E-state index contributed by atoms with van der Waals surface area (Å²) < 4.78 is 19.7. The van der Waals surface area contributed by atoms with Gasteiger partial charge in [-0.15, -0.1) is 4.58 Å². The molecule has 0 unspecified atom stereocenters. The van der Waals surface area contributed by atoms with Gasteiger partial charge >= 0.3 is 12.1 Å². The molecule has 30 heavy (non-hydrogen) atoms. The Morgan fingerprint density at radius 1 is 1.30 bits per heavy atom. The number of unbranched alkanes of at least 4 members (excludes halogenated alkanes) is 1. The van der Waals surface area contributed by atoms with Crippen LogP contribution in [0.25, 0.3) is 0 Å². The zero-order chi connectivity index (χ0) is 21.0. The van der Waals surface area contributed by atoms with Crippen LogP contribution in [0.3, 0.4) is 0 Å². The van der Waals surface area contributed by atoms with Crippen LogP contribution < -0.4 is 17.0 Å². The Morgan fingerprint density at radius 2 is 2.00 bits per heavy atom. The van der Waals surface area contributed by atoms with Gasteiger partial charge in [-0.25, -0.2) is 0 Å². The molecule has 0 spiro atoms. The predicted octanol–water partition coefficient (Wildman–Crippen LogP) is 1.88. The van der Waals surface area contributed by atoms with E-state index in [9.17, 15) is 4.79 Å². The Hall–Kier alpha value is -0.730. The number of carbonyl (C=O) groups is 1. The summed E-state index contributed by atoms with van der Waals surface area (Å²) in [4.78, 5) is 11.5. The lowest BCUT2D eigenvalue weighted by Gasteiger charge is -2.20. The number of thioether (sulfide) groups is 1. The minimum absolute atomic E-state index is 0. The number of rotatable bonds is 7. The van der Waals surface area contributed by atoms with Crippen LogP contribution in [-0.2, 0) is 19.0 Å². The first-order chi connectivity index (χ1) is 13.8. The zero-order valence-electron chi connectivity index (χ0n) is 18.0. The maximum Gasteiger partial charge on any atom is 0.551 e. The van der Waals surface area contributed by atoms with Crippen LogP contribution in [-0.4, -0.2) is 52.1 Å². The fraction of sp³-hybridized carbons (Fsp3) is 0.636. The molecule has 168 valence electrons. The van der Waals surface area contributed by atoms with Crippen molar-refractivity contribution in [2.45, 2.75) is 74.4 Å². The number of carbonyl (C=O) groups excluding carboxylic acids is 1. The number of alkyl halides is 1. The average Bonchev–Trinajstić information content (AvgIpc) is 3.26. The van der Waals surface area contributed by atoms with Crippen molar-refractivity contribution in [2.24, 2.45) is 0 Å². The average molecular weight is 565 g/mol. The highest BCUT2D eigenvalue weighted by Gasteiger charge is 2.56. The van der Waals surface area contributed by atoms with Crippen LogP contribution in [0.4, 0.5) is 0 Å². The molecule has 5 nitrogen and oxygen atoms in total. The van der Waals surface area contributed by atoms with Crippen LogP contribution in [0.5, 0.6) is 0 Å². The second-order valence-corrected chi connectivity index (χ2v) is 10.8. The summed E-state index contributed by atoms with van der Waals surface area (Å²) >= 11 is 5.80. The van der Waals surface area contributed by atoms with Crippen molar-refractivity contribution in [3.63, 3.8) is 0 Å². The molecular weight excluding hydrogens is 534 g/mol. The Balaban J connectivity index is 0.00000320. The van der Waals surface area contributed by atoms with Gasteiger partial charge in [0.2, 0.25) is 11.4 Å². The maximum atomic E-state index is 11.3. The van der Waals surface area contributed by atoms with Crippen molar-refractivity contribution in [1.82, 2.24) is 0 Å². The van der Waals surface area contributed by atoms with Gasteiger partial charge in [0.25, 0.3) is 0 Å². The smallest absolute Gasteiger partial charge is 0.551 e. The van der Waals surface area contributed by atoms with Crippen molar-refractivity contribution in [1.29, 1.82) is 0 Å². The summed E-state index contributed by atoms with van der Waals surface area (Å²) in [6.07, 6.45) is 3.83. The third-order valence-corrected chi connectivity index (χ3v) is 7.36. The van der Waals surface area contributed by atoms with Gasteiger partial charge in [0.15, 0.2) is 6.10 Å². The van der Waals surface area contributed by atoms with Gasteiger partial charge in [-0.1, -0.05) is 64.4 Å². The monoisotopic (exact) mass is 563 g/mol. The van der Waals surface area contributed by atoms with E-state index in [0.29, 0.717) is 12.5 Å². The quantitative estimate of drug-likeness (QED) is 0.219. The van der Waals surface area contributed by atoms with Gasteiger partial charge in [0.1, 0.15) is 5.60 Å². The molecule has 1 fully saturated rings. The highest BCUT2D eigenvalue weighted by Crippen LogP contribution is 2.44. The third kappa shape index (κ3) is 6.39. The van der Waals surface area contributed by atoms with Crippen LogP contribution >= 0.6 is 27.7 Å². The molecule has 1 saturated heterocycles. The van der Waals surface area contributed by atoms with E-state index in [4.69, 9.17) is 14.2 Å². The normalized spacial score (nSPS) is 24.0. The van der Waals surface area contributed by atoms with Crippen molar-refractivity contribution < 1.29 is 40.6 Å². The fourth-order valence-corrected chi connectivity index (χ4v) is 5.93. The van der Waals surface area contributed by atoms with Gasteiger partial charge in [0.05, 0.1) is 17.7 Å². The van der Waals surface area contributed by atoms with E-state index in [-0.39, 0.29) is 50.9 Å². The molecule has 3 rings (SSSR count). The highest BCUT2D eigenvalue weighted by molar-refractivity contribution is 9.09. The number of methoxy groups -OCH3 is 1. The Bertz CT molecular complexity index is 738. The second kappa shape index (κ2) is 11.2. The Morgan fingerprint density at radius 3 is 2.63 bits per heavy atom. The summed E-state index contributed by atoms with van der Waals surface area (Å²) in [7, 11) is 1.43. The van der Waals surface area contributed by atoms with Gasteiger partial charge < -0.3 is 31.2 Å². The first-order valence-corrected chi connectivity index (χ1v) is 12.1. The molecule has 1 aromatic rings. The minimum atomic E-state index is -0.328. The number of esters is 1. The first-order valence-electron chi connectivity index (χ1n) is 10.2. The molecule has 0 amide bonds. The van der Waals surface area contributed by atoms with Gasteiger partial charge in [-0.3, -0.25) is 4.79 Å². The van der Waals surface area contributed by atoms with E-state index >= 15 is 0 Å². The van der Waals surface area contributed by atoms with E-state index < -0.39 is 0 Å². The number of hydrogen-bond donors (Lipinski definition) is 0. The third-order valence-electron chi connectivity index (χ3n) is 5.03. The SMILES string of the molecule is COC(=O)CCCC[C@@H](Br)[C@@H]1OC(OC(C)(C)C)=[N+]2[C@@H](c3ccccc3)SC[C@@H]12.[Br-]. The number of hydrogen-bond acceptors (Lipinski definition) is 5. The van der Waals surface area contributed by atoms with Crippen molar-refractivity contribution in [3.05, 3.63) is 35.9 Å². The van der Waals surface area contributed by atoms with E-state index in [1.165, 1.54) is 12.7 Å². The van der Waals surface area contributed by atoms with Gasteiger partial charge in [-0.2, -0.15) is 0 Å². The molecule has 0 aliphatic carbocycles. The van der Waals surface area contributed by atoms with E-state index in [1.807, 2.05) is 38.6 Å². The predicted molar refractivity (Wildman–Crippen MR) is 120 cm³/mol. The van der Waals surface area contributed by atoms with Crippen molar-refractivity contribution in [3.8, 4) is 0 Å². The number of halogens is 2. The van der Waals surface area contributed by atoms with E-state index in [0.717, 1.165) is 25.0 Å². The van der Waals surface area contributed by atoms with Gasteiger partial charge in [0, 0.05) is 12.0 Å². The highest BCUT2D eigenvalue weighted by atomic mass is 79.9. The van der Waals surface area contributed by atoms with Crippen LogP contribution in [0.1, 0.15) is 57.4 Å². The lowest BCUT2D eigenvalue weighted by molar-refractivity contribution is -0.573. The number of benzene rings is 1. The molecule has 0 saturated carbocycles. The van der Waals surface area contributed by atoms with Crippen LogP contribution in [0.15, 0.2) is 30.3 Å². The standard InChI is InChI=1S/C22H31BrNO4S.BrH/c1-22(2,3)28-21-24-17(14-29-20(24)15-10-6-5-7-11-15)19(27-21)16(23)12-8-9-13-18(25)26-4;/h5-7,10-11,16-17,19-20H,8-9,12-14H2,1-4H3;1H/q+1;/p-1/t16-,17+,19+,20-;/m1./s1. The largest absolute Gasteiger partial charge is 1.00 e. The summed E-state index contributed by atoms with van der Waals surface area (Å²) in [5.74, 6) is 0.845.